The van der Waals surface area contributed by atoms with Crippen LogP contribution in [0.1, 0.15) is 317 Å². The van der Waals surface area contributed by atoms with Crippen molar-refractivity contribution in [3.05, 3.63) is 0 Å². The maximum atomic E-state index is 12.9. The second kappa shape index (κ2) is 57.2. The Kier molecular flexibility index (Phi) is 55.8. The van der Waals surface area contributed by atoms with Gasteiger partial charge in [-0.15, -0.1) is 0 Å². The molecule has 19 heteroatoms. The van der Waals surface area contributed by atoms with Crippen molar-refractivity contribution in [1.82, 2.24) is 0 Å². The van der Waals surface area contributed by atoms with Gasteiger partial charge in [-0.05, 0) is 25.7 Å². The van der Waals surface area contributed by atoms with Crippen molar-refractivity contribution in [3.8, 4) is 0 Å². The monoisotopic (exact) mass is 1200 g/mol. The van der Waals surface area contributed by atoms with Crippen LogP contribution in [0.5, 0.6) is 0 Å². The summed E-state index contributed by atoms with van der Waals surface area (Å²) in [6.07, 6.45) is 41.6. The number of phosphoric ester groups is 2. The van der Waals surface area contributed by atoms with E-state index in [9.17, 15) is 43.2 Å². The molecule has 0 fully saturated rings. The van der Waals surface area contributed by atoms with Crippen molar-refractivity contribution in [2.45, 2.75) is 335 Å². The highest BCUT2D eigenvalue weighted by atomic mass is 31.2. The number of phosphoric acid groups is 2. The zero-order chi connectivity index (χ0) is 59.8. The average Bonchev–Trinajstić information content (AvgIpc) is 3.44. The van der Waals surface area contributed by atoms with E-state index in [1.807, 2.05) is 0 Å². The number of ether oxygens (including phenoxy) is 4. The first-order valence-corrected chi connectivity index (χ1v) is 35.8. The molecule has 480 valence electrons. The molecule has 0 rings (SSSR count). The molecule has 0 aliphatic rings. The largest absolute Gasteiger partial charge is 0.472 e. The van der Waals surface area contributed by atoms with Crippen molar-refractivity contribution in [2.24, 2.45) is 0 Å². The highest BCUT2D eigenvalue weighted by Crippen LogP contribution is 2.45. The minimum absolute atomic E-state index is 0.105. The summed E-state index contributed by atoms with van der Waals surface area (Å²) in [5.74, 6) is -2.13. The lowest BCUT2D eigenvalue weighted by Gasteiger charge is -2.21. The fraction of sp³-hybridized carbons (Fsp3) is 0.935. The summed E-state index contributed by atoms with van der Waals surface area (Å²) in [7, 11) is -9.87. The van der Waals surface area contributed by atoms with E-state index in [0.717, 1.165) is 96.3 Å². The fourth-order valence-electron chi connectivity index (χ4n) is 9.28. The highest BCUT2D eigenvalue weighted by molar-refractivity contribution is 7.47. The summed E-state index contributed by atoms with van der Waals surface area (Å²) in [6, 6.07) is 0. The Balaban J connectivity index is 5.21. The molecule has 0 aliphatic heterocycles. The Bertz CT molecular complexity index is 1570. The first-order valence-electron chi connectivity index (χ1n) is 32.8. The zero-order valence-corrected chi connectivity index (χ0v) is 53.5. The number of carbonyl (C=O) groups excluding carboxylic acids is 4. The van der Waals surface area contributed by atoms with Crippen LogP contribution in [0.15, 0.2) is 0 Å². The number of hydrogen-bond acceptors (Lipinski definition) is 15. The number of rotatable bonds is 63. The van der Waals surface area contributed by atoms with Crippen molar-refractivity contribution < 1.29 is 80.2 Å². The van der Waals surface area contributed by atoms with Gasteiger partial charge in [-0.2, -0.15) is 0 Å². The van der Waals surface area contributed by atoms with Gasteiger partial charge < -0.3 is 33.8 Å². The van der Waals surface area contributed by atoms with Gasteiger partial charge in [0.1, 0.15) is 19.3 Å². The molecular formula is C62H120O17P2. The summed E-state index contributed by atoms with van der Waals surface area (Å²) < 4.78 is 67.8. The molecule has 0 aromatic heterocycles. The molecule has 0 saturated heterocycles. The Hall–Kier alpha value is -1.94. The molecule has 0 heterocycles. The molecule has 3 N–H and O–H groups in total. The van der Waals surface area contributed by atoms with Gasteiger partial charge >= 0.3 is 39.5 Å². The number of esters is 4. The van der Waals surface area contributed by atoms with E-state index >= 15 is 0 Å². The van der Waals surface area contributed by atoms with E-state index < -0.39 is 97.5 Å². The van der Waals surface area contributed by atoms with E-state index in [2.05, 4.69) is 27.7 Å². The number of carbonyl (C=O) groups is 4. The smallest absolute Gasteiger partial charge is 0.462 e. The number of hydrogen-bond donors (Lipinski definition) is 3. The molecule has 5 atom stereocenters. The molecule has 0 aromatic carbocycles. The second-order valence-corrected chi connectivity index (χ2v) is 25.4. The third-order valence-electron chi connectivity index (χ3n) is 14.4. The van der Waals surface area contributed by atoms with Crippen molar-refractivity contribution >= 4 is 39.5 Å². The fourth-order valence-corrected chi connectivity index (χ4v) is 10.9. The molecule has 2 unspecified atom stereocenters. The van der Waals surface area contributed by atoms with Gasteiger partial charge in [0.2, 0.25) is 0 Å². The van der Waals surface area contributed by atoms with Crippen LogP contribution in [0, 0.1) is 0 Å². The standard InChI is InChI=1S/C62H120O17P2/c1-5-9-13-17-21-25-28-31-35-38-42-46-59(64)72-52-57(78-61(66)48-44-40-34-24-20-16-12-8-4)54-76-80(68,69)74-50-56(63)51-75-81(70,71)77-55-58(79-62(67)49-45-41-37-33-30-27-23-19-15-11-7-3)53-73-60(65)47-43-39-36-32-29-26-22-18-14-10-6-2/h56-58,63H,5-55H2,1-4H3,(H,68,69)(H,70,71)/t56-,57+,58+/m0/s1. The first-order chi connectivity index (χ1) is 39.2. The third kappa shape index (κ3) is 56.9. The lowest BCUT2D eigenvalue weighted by atomic mass is 10.1. The summed E-state index contributed by atoms with van der Waals surface area (Å²) in [6.45, 7) is 4.85. The first kappa shape index (κ1) is 79.1. The molecule has 0 aromatic rings. The van der Waals surface area contributed by atoms with E-state index in [1.54, 1.807) is 0 Å². The molecule has 0 aliphatic carbocycles. The van der Waals surface area contributed by atoms with Crippen LogP contribution in [-0.4, -0.2) is 96.7 Å². The molecule has 0 radical (unpaired) electrons. The zero-order valence-electron chi connectivity index (χ0n) is 51.7. The summed E-state index contributed by atoms with van der Waals surface area (Å²) in [5, 5.41) is 10.5. The summed E-state index contributed by atoms with van der Waals surface area (Å²) in [5.41, 5.74) is 0. The lowest BCUT2D eigenvalue weighted by molar-refractivity contribution is -0.161. The van der Waals surface area contributed by atoms with Crippen LogP contribution in [0.25, 0.3) is 0 Å². The second-order valence-electron chi connectivity index (χ2n) is 22.4. The van der Waals surface area contributed by atoms with Crippen molar-refractivity contribution in [1.29, 1.82) is 0 Å². The van der Waals surface area contributed by atoms with Crippen LogP contribution in [-0.2, 0) is 65.4 Å². The van der Waals surface area contributed by atoms with Crippen LogP contribution >= 0.6 is 15.6 Å². The van der Waals surface area contributed by atoms with Gasteiger partial charge in [0.25, 0.3) is 0 Å². The van der Waals surface area contributed by atoms with Gasteiger partial charge in [-0.1, -0.05) is 265 Å². The van der Waals surface area contributed by atoms with E-state index in [0.29, 0.717) is 25.7 Å². The van der Waals surface area contributed by atoms with Crippen molar-refractivity contribution in [3.63, 3.8) is 0 Å². The van der Waals surface area contributed by atoms with E-state index in [4.69, 9.17) is 37.0 Å². The third-order valence-corrected chi connectivity index (χ3v) is 16.3. The van der Waals surface area contributed by atoms with Crippen LogP contribution in [0.3, 0.4) is 0 Å². The molecule has 0 amide bonds. The Morgan fingerprint density at radius 3 is 0.728 bits per heavy atom. The van der Waals surface area contributed by atoms with Crippen LogP contribution in [0.2, 0.25) is 0 Å². The van der Waals surface area contributed by atoms with Gasteiger partial charge in [0.05, 0.1) is 26.4 Å². The maximum Gasteiger partial charge on any atom is 0.472 e. The summed E-state index contributed by atoms with van der Waals surface area (Å²) >= 11 is 0. The summed E-state index contributed by atoms with van der Waals surface area (Å²) in [4.78, 5) is 72.0. The number of aliphatic hydroxyl groups excluding tert-OH is 1. The van der Waals surface area contributed by atoms with Crippen LogP contribution < -0.4 is 0 Å². The molecule has 17 nitrogen and oxygen atoms in total. The minimum atomic E-state index is -4.94. The topological polar surface area (TPSA) is 237 Å². The number of aliphatic hydroxyl groups is 1. The quantitative estimate of drug-likeness (QED) is 0.0222. The van der Waals surface area contributed by atoms with Gasteiger partial charge in [-0.3, -0.25) is 37.3 Å². The average molecular weight is 1200 g/mol. The van der Waals surface area contributed by atoms with Gasteiger partial charge in [0, 0.05) is 25.7 Å². The minimum Gasteiger partial charge on any atom is -0.462 e. The predicted octanol–water partition coefficient (Wildman–Crippen LogP) is 17.2. The molecule has 0 bridgehead atoms. The van der Waals surface area contributed by atoms with E-state index in [1.165, 1.54) is 141 Å². The Labute approximate surface area is 492 Å². The van der Waals surface area contributed by atoms with Crippen molar-refractivity contribution in [2.75, 3.05) is 39.6 Å². The van der Waals surface area contributed by atoms with Crippen LogP contribution in [0.4, 0.5) is 0 Å². The predicted molar refractivity (Wildman–Crippen MR) is 322 cm³/mol. The van der Waals surface area contributed by atoms with Gasteiger partial charge in [0.15, 0.2) is 12.2 Å². The normalized spacial score (nSPS) is 14.2. The van der Waals surface area contributed by atoms with Gasteiger partial charge in [-0.25, -0.2) is 9.13 Å². The Morgan fingerprint density at radius 1 is 0.296 bits per heavy atom. The molecule has 81 heavy (non-hydrogen) atoms. The van der Waals surface area contributed by atoms with E-state index in [-0.39, 0.29) is 25.7 Å². The molecular weight excluding hydrogens is 1080 g/mol. The Morgan fingerprint density at radius 2 is 0.494 bits per heavy atom. The SMILES string of the molecule is CCCCCCCCCCCCCC(=O)OC[C@H](COP(=O)(O)OC[C@H](O)COP(=O)(O)OC[C@@H](COC(=O)CCCCCCCCCCCCC)OC(=O)CCCCCCCCCCCCC)OC(=O)CCCCCCCCCC. The lowest BCUT2D eigenvalue weighted by Crippen LogP contribution is -2.30. The molecule has 0 spiro atoms. The number of unbranched alkanes of at least 4 members (excludes halogenated alkanes) is 37. The highest BCUT2D eigenvalue weighted by Gasteiger charge is 2.30. The molecule has 0 saturated carbocycles. The maximum absolute atomic E-state index is 12.9.